The monoisotopic (exact) mass is 362 g/mol. The van der Waals surface area contributed by atoms with Crippen molar-refractivity contribution in [3.8, 4) is 11.4 Å². The second-order valence-electron chi connectivity index (χ2n) is 8.17. The third-order valence-corrected chi connectivity index (χ3v) is 6.50. The maximum absolute atomic E-state index is 4.90. The molecular formula is C21H22N4S. The molecule has 1 aromatic carbocycles. The van der Waals surface area contributed by atoms with Gasteiger partial charge >= 0.3 is 0 Å². The van der Waals surface area contributed by atoms with Gasteiger partial charge in [0, 0.05) is 10.4 Å². The van der Waals surface area contributed by atoms with Crippen LogP contribution in [0.2, 0.25) is 0 Å². The van der Waals surface area contributed by atoms with E-state index in [1.165, 1.54) is 40.7 Å². The van der Waals surface area contributed by atoms with Crippen molar-refractivity contribution >= 4 is 27.2 Å². The molecule has 1 aliphatic rings. The number of nitrogens with zero attached hydrogens (tertiary/aromatic N) is 4. The number of hydrogen-bond acceptors (Lipinski definition) is 4. The van der Waals surface area contributed by atoms with Crippen LogP contribution in [0.4, 0.5) is 0 Å². The zero-order valence-corrected chi connectivity index (χ0v) is 16.2. The van der Waals surface area contributed by atoms with Gasteiger partial charge in [-0.15, -0.1) is 16.4 Å². The Morgan fingerprint density at radius 2 is 1.81 bits per heavy atom. The molecule has 0 fully saturated rings. The van der Waals surface area contributed by atoms with Crippen LogP contribution in [0.25, 0.3) is 27.3 Å². The predicted octanol–water partition coefficient (Wildman–Crippen LogP) is 5.18. The van der Waals surface area contributed by atoms with E-state index in [0.29, 0.717) is 0 Å². The van der Waals surface area contributed by atoms with Crippen LogP contribution >= 0.6 is 11.3 Å². The van der Waals surface area contributed by atoms with Crippen molar-refractivity contribution in [2.45, 2.75) is 51.9 Å². The highest BCUT2D eigenvalue weighted by Crippen LogP contribution is 2.37. The second kappa shape index (κ2) is 5.61. The zero-order chi connectivity index (χ0) is 17.9. The van der Waals surface area contributed by atoms with Gasteiger partial charge < -0.3 is 0 Å². The first-order chi connectivity index (χ1) is 12.5. The summed E-state index contributed by atoms with van der Waals surface area (Å²) in [6.45, 7) is 6.69. The number of rotatable bonds is 1. The zero-order valence-electron chi connectivity index (χ0n) is 15.4. The summed E-state index contributed by atoms with van der Waals surface area (Å²) in [7, 11) is 0. The SMILES string of the molecule is CC(C)(C)c1ccc(-c2nc3c4c5c(sc4ncn3n2)CCCC5)cc1. The minimum Gasteiger partial charge on any atom is -0.225 e. The van der Waals surface area contributed by atoms with Crippen molar-refractivity contribution in [2.24, 2.45) is 0 Å². The van der Waals surface area contributed by atoms with E-state index in [2.05, 4.69) is 50.0 Å². The third kappa shape index (κ3) is 2.45. The first-order valence-electron chi connectivity index (χ1n) is 9.27. The minimum absolute atomic E-state index is 0.149. The van der Waals surface area contributed by atoms with Gasteiger partial charge in [-0.25, -0.2) is 14.5 Å². The summed E-state index contributed by atoms with van der Waals surface area (Å²) in [5.74, 6) is 0.774. The molecule has 0 atom stereocenters. The predicted molar refractivity (Wildman–Crippen MR) is 107 cm³/mol. The van der Waals surface area contributed by atoms with Crippen LogP contribution in [0.3, 0.4) is 0 Å². The van der Waals surface area contributed by atoms with E-state index in [-0.39, 0.29) is 5.41 Å². The van der Waals surface area contributed by atoms with Gasteiger partial charge in [-0.05, 0) is 42.2 Å². The van der Waals surface area contributed by atoms with Crippen molar-refractivity contribution in [2.75, 3.05) is 0 Å². The second-order valence-corrected chi connectivity index (χ2v) is 9.25. The van der Waals surface area contributed by atoms with Gasteiger partial charge in [0.2, 0.25) is 0 Å². The number of fused-ring (bicyclic) bond motifs is 5. The summed E-state index contributed by atoms with van der Waals surface area (Å²) < 4.78 is 1.84. The Hall–Kier alpha value is -2.27. The van der Waals surface area contributed by atoms with Gasteiger partial charge in [0.25, 0.3) is 0 Å². The smallest absolute Gasteiger partial charge is 0.182 e. The molecule has 0 saturated carbocycles. The minimum atomic E-state index is 0.149. The van der Waals surface area contributed by atoms with E-state index in [4.69, 9.17) is 10.1 Å². The third-order valence-electron chi connectivity index (χ3n) is 5.30. The van der Waals surface area contributed by atoms with Gasteiger partial charge in [0.1, 0.15) is 11.2 Å². The molecule has 4 nitrogen and oxygen atoms in total. The Morgan fingerprint density at radius 1 is 1.04 bits per heavy atom. The molecule has 1 aliphatic carbocycles. The van der Waals surface area contributed by atoms with Crippen molar-refractivity contribution < 1.29 is 0 Å². The molecule has 0 radical (unpaired) electrons. The molecule has 0 unspecified atom stereocenters. The van der Waals surface area contributed by atoms with E-state index in [1.807, 2.05) is 15.9 Å². The Kier molecular flexibility index (Phi) is 3.44. The lowest BCUT2D eigenvalue weighted by molar-refractivity contribution is 0.590. The highest BCUT2D eigenvalue weighted by atomic mass is 32.1. The fraction of sp³-hybridized carbons (Fsp3) is 0.381. The fourth-order valence-electron chi connectivity index (χ4n) is 3.80. The summed E-state index contributed by atoms with van der Waals surface area (Å²) in [6.07, 6.45) is 6.67. The van der Waals surface area contributed by atoms with E-state index >= 15 is 0 Å². The first kappa shape index (κ1) is 15.9. The molecule has 3 heterocycles. The number of thiophene rings is 1. The van der Waals surface area contributed by atoms with Gasteiger partial charge in [0.05, 0.1) is 5.39 Å². The number of aromatic nitrogens is 4. The highest BCUT2D eigenvalue weighted by molar-refractivity contribution is 7.19. The number of benzene rings is 1. The first-order valence-corrected chi connectivity index (χ1v) is 10.1. The highest BCUT2D eigenvalue weighted by Gasteiger charge is 2.21. The van der Waals surface area contributed by atoms with Gasteiger partial charge in [0.15, 0.2) is 11.5 Å². The Bertz CT molecular complexity index is 1110. The maximum Gasteiger partial charge on any atom is 0.182 e. The Balaban J connectivity index is 1.66. The Morgan fingerprint density at radius 3 is 2.58 bits per heavy atom. The van der Waals surface area contributed by atoms with Crippen LogP contribution in [0.1, 0.15) is 49.6 Å². The van der Waals surface area contributed by atoms with Crippen molar-refractivity contribution in [1.29, 1.82) is 0 Å². The molecule has 0 spiro atoms. The molecule has 0 N–H and O–H groups in total. The van der Waals surface area contributed by atoms with Crippen LogP contribution < -0.4 is 0 Å². The molecule has 4 aromatic rings. The molecule has 5 rings (SSSR count). The van der Waals surface area contributed by atoms with Crippen LogP contribution in [0, 0.1) is 0 Å². The standard InChI is InChI=1S/C21H22N4S/c1-21(2,3)14-10-8-13(9-11-14)18-23-19-17-15-6-4-5-7-16(15)26-20(17)22-12-25(19)24-18/h8-12H,4-7H2,1-3H3. The normalized spacial score (nSPS) is 14.9. The summed E-state index contributed by atoms with van der Waals surface area (Å²) in [6, 6.07) is 8.62. The molecule has 132 valence electrons. The van der Waals surface area contributed by atoms with Gasteiger partial charge in [-0.2, -0.15) is 0 Å². The summed E-state index contributed by atoms with van der Waals surface area (Å²) in [5, 5.41) is 5.92. The fourth-order valence-corrected chi connectivity index (χ4v) is 5.02. The lowest BCUT2D eigenvalue weighted by atomic mass is 9.87. The van der Waals surface area contributed by atoms with E-state index < -0.39 is 0 Å². The quantitative estimate of drug-likeness (QED) is 0.468. The molecule has 0 amide bonds. The summed E-state index contributed by atoms with van der Waals surface area (Å²) >= 11 is 1.83. The van der Waals surface area contributed by atoms with Crippen molar-refractivity contribution in [1.82, 2.24) is 19.6 Å². The topological polar surface area (TPSA) is 43.1 Å². The van der Waals surface area contributed by atoms with Crippen LogP contribution in [0.15, 0.2) is 30.6 Å². The molecule has 0 saturated heterocycles. The maximum atomic E-state index is 4.90. The lowest BCUT2D eigenvalue weighted by Gasteiger charge is -2.18. The molecule has 3 aromatic heterocycles. The lowest BCUT2D eigenvalue weighted by Crippen LogP contribution is -2.10. The van der Waals surface area contributed by atoms with E-state index in [1.54, 1.807) is 6.33 Å². The Labute approximate surface area is 156 Å². The van der Waals surface area contributed by atoms with Crippen LogP contribution in [-0.2, 0) is 18.3 Å². The molecule has 0 bridgehead atoms. The van der Waals surface area contributed by atoms with Crippen molar-refractivity contribution in [3.63, 3.8) is 0 Å². The largest absolute Gasteiger partial charge is 0.225 e. The number of hydrogen-bond donors (Lipinski definition) is 0. The number of aryl methyl sites for hydroxylation is 2. The molecule has 26 heavy (non-hydrogen) atoms. The average molecular weight is 363 g/mol. The van der Waals surface area contributed by atoms with Gasteiger partial charge in [-0.3, -0.25) is 0 Å². The van der Waals surface area contributed by atoms with Crippen LogP contribution in [-0.4, -0.2) is 19.6 Å². The molecule has 0 aliphatic heterocycles. The van der Waals surface area contributed by atoms with Crippen LogP contribution in [0.5, 0.6) is 0 Å². The van der Waals surface area contributed by atoms with Gasteiger partial charge in [-0.1, -0.05) is 45.0 Å². The summed E-state index contributed by atoms with van der Waals surface area (Å²) in [5.41, 5.74) is 4.93. The summed E-state index contributed by atoms with van der Waals surface area (Å²) in [4.78, 5) is 12.1. The van der Waals surface area contributed by atoms with E-state index in [9.17, 15) is 0 Å². The van der Waals surface area contributed by atoms with E-state index in [0.717, 1.165) is 28.3 Å². The molecular weight excluding hydrogens is 340 g/mol. The average Bonchev–Trinajstić information content (AvgIpc) is 3.21. The molecule has 5 heteroatoms. The van der Waals surface area contributed by atoms with Crippen molar-refractivity contribution in [3.05, 3.63) is 46.6 Å².